The number of nitrogens with one attached hydrogen (secondary N) is 1. The van der Waals surface area contributed by atoms with Crippen molar-refractivity contribution >= 4 is 34.2 Å². The maximum atomic E-state index is 12.1. The van der Waals surface area contributed by atoms with E-state index in [1.54, 1.807) is 21.5 Å². The minimum Gasteiger partial charge on any atom is -0.321 e. The molecule has 1 N–H and O–H groups in total. The minimum absolute atomic E-state index is 0.132. The maximum absolute atomic E-state index is 12.1. The summed E-state index contributed by atoms with van der Waals surface area (Å²) in [6, 6.07) is 14.9. The molecule has 0 aliphatic heterocycles. The normalized spacial score (nSPS) is 10.8. The molecule has 0 fully saturated rings. The lowest BCUT2D eigenvalue weighted by Crippen LogP contribution is -2.32. The van der Waals surface area contributed by atoms with Crippen LogP contribution in [-0.4, -0.2) is 15.8 Å². The Morgan fingerprint density at radius 1 is 1.24 bits per heavy atom. The summed E-state index contributed by atoms with van der Waals surface area (Å²) in [7, 11) is 1.85. The molecule has 0 unspecified atom stereocenters. The quantitative estimate of drug-likeness (QED) is 0.754. The van der Waals surface area contributed by atoms with Crippen LogP contribution in [0.3, 0.4) is 0 Å². The molecule has 1 heterocycles. The standard InChI is InChI=1S/C15H13ClN4O/c1-19-13-8-4-5-9-14(13)20(18-19)10-15(21)17-12-7-3-2-6-11(12)16/h2-9H,10H2,1H3/p+1. The molecule has 1 amide bonds. The van der Waals surface area contributed by atoms with Crippen molar-refractivity contribution in [2.24, 2.45) is 7.05 Å². The molecule has 6 heteroatoms. The molecule has 106 valence electrons. The Labute approximate surface area is 126 Å². The highest BCUT2D eigenvalue weighted by atomic mass is 35.5. The predicted octanol–water partition coefficient (Wildman–Crippen LogP) is 2.15. The van der Waals surface area contributed by atoms with Crippen LogP contribution in [0.1, 0.15) is 0 Å². The Bertz CT molecular complexity index is 812. The number of aryl methyl sites for hydroxylation is 1. The summed E-state index contributed by atoms with van der Waals surface area (Å²) < 4.78 is 3.42. The van der Waals surface area contributed by atoms with Crippen LogP contribution in [0.15, 0.2) is 48.5 Å². The number of amides is 1. The average Bonchev–Trinajstić information content (AvgIpc) is 2.79. The van der Waals surface area contributed by atoms with E-state index in [0.717, 1.165) is 11.0 Å². The molecule has 0 saturated heterocycles. The van der Waals surface area contributed by atoms with E-state index in [9.17, 15) is 4.79 Å². The molecule has 1 aromatic heterocycles. The molecular formula is C15H14ClN4O+. The summed E-state index contributed by atoms with van der Waals surface area (Å²) in [5, 5.41) is 7.64. The van der Waals surface area contributed by atoms with Crippen molar-refractivity contribution in [3.8, 4) is 0 Å². The van der Waals surface area contributed by atoms with Crippen LogP contribution in [0, 0.1) is 0 Å². The molecule has 0 atom stereocenters. The number of anilines is 1. The molecule has 0 saturated carbocycles. The molecule has 2 aromatic carbocycles. The van der Waals surface area contributed by atoms with Gasteiger partial charge in [0.25, 0.3) is 5.91 Å². The Kier molecular flexibility index (Phi) is 3.58. The second-order valence-electron chi connectivity index (χ2n) is 4.69. The van der Waals surface area contributed by atoms with Crippen molar-refractivity contribution < 1.29 is 9.48 Å². The second-order valence-corrected chi connectivity index (χ2v) is 5.09. The Hall–Kier alpha value is -2.40. The van der Waals surface area contributed by atoms with Crippen LogP contribution in [0.25, 0.3) is 11.0 Å². The summed E-state index contributed by atoms with van der Waals surface area (Å²) in [4.78, 5) is 12.1. The SMILES string of the molecule is C[n+]1nn(CC(=O)Nc2ccccc2Cl)c2ccccc21. The molecule has 0 radical (unpaired) electrons. The van der Waals surface area contributed by atoms with Gasteiger partial charge < -0.3 is 5.32 Å². The van der Waals surface area contributed by atoms with E-state index in [1.807, 2.05) is 43.4 Å². The predicted molar refractivity (Wildman–Crippen MR) is 81.0 cm³/mol. The van der Waals surface area contributed by atoms with Crippen LogP contribution in [0.4, 0.5) is 5.69 Å². The van der Waals surface area contributed by atoms with E-state index in [2.05, 4.69) is 10.5 Å². The van der Waals surface area contributed by atoms with E-state index < -0.39 is 0 Å². The van der Waals surface area contributed by atoms with E-state index in [0.29, 0.717) is 10.7 Å². The lowest BCUT2D eigenvalue weighted by Gasteiger charge is -2.04. The van der Waals surface area contributed by atoms with Gasteiger partial charge in [-0.1, -0.05) is 35.9 Å². The van der Waals surface area contributed by atoms with Crippen molar-refractivity contribution in [3.05, 3.63) is 53.6 Å². The topological polar surface area (TPSA) is 50.8 Å². The fraction of sp³-hybridized carbons (Fsp3) is 0.133. The first kappa shape index (κ1) is 13.6. The van der Waals surface area contributed by atoms with Crippen molar-refractivity contribution in [1.29, 1.82) is 0 Å². The van der Waals surface area contributed by atoms with Crippen molar-refractivity contribution in [3.63, 3.8) is 0 Å². The fourth-order valence-electron chi connectivity index (χ4n) is 2.22. The molecule has 0 bridgehead atoms. The van der Waals surface area contributed by atoms with Gasteiger partial charge >= 0.3 is 0 Å². The van der Waals surface area contributed by atoms with Gasteiger partial charge in [0.05, 0.1) is 15.9 Å². The molecule has 5 nitrogen and oxygen atoms in total. The van der Waals surface area contributed by atoms with E-state index in [4.69, 9.17) is 11.6 Å². The second kappa shape index (κ2) is 5.54. The third-order valence-electron chi connectivity index (χ3n) is 3.19. The third kappa shape index (κ3) is 2.73. The van der Waals surface area contributed by atoms with E-state index in [1.165, 1.54) is 0 Å². The number of hydrogen-bond acceptors (Lipinski definition) is 2. The van der Waals surface area contributed by atoms with Gasteiger partial charge in [-0.05, 0) is 24.3 Å². The smallest absolute Gasteiger partial charge is 0.268 e. The van der Waals surface area contributed by atoms with E-state index >= 15 is 0 Å². The molecule has 0 aliphatic rings. The highest BCUT2D eigenvalue weighted by Crippen LogP contribution is 2.20. The maximum Gasteiger partial charge on any atom is 0.268 e. The summed E-state index contributed by atoms with van der Waals surface area (Å²) in [6.07, 6.45) is 0. The zero-order valence-electron chi connectivity index (χ0n) is 11.5. The van der Waals surface area contributed by atoms with Gasteiger partial charge in [-0.25, -0.2) is 0 Å². The zero-order valence-corrected chi connectivity index (χ0v) is 12.2. The highest BCUT2D eigenvalue weighted by Gasteiger charge is 2.18. The number of rotatable bonds is 3. The highest BCUT2D eigenvalue weighted by molar-refractivity contribution is 6.33. The Balaban J connectivity index is 1.82. The number of aromatic nitrogens is 3. The number of fused-ring (bicyclic) bond motifs is 1. The van der Waals surface area contributed by atoms with E-state index in [-0.39, 0.29) is 12.5 Å². The van der Waals surface area contributed by atoms with Crippen LogP contribution in [0.2, 0.25) is 5.02 Å². The van der Waals surface area contributed by atoms with Crippen molar-refractivity contribution in [1.82, 2.24) is 9.90 Å². The molecule has 3 aromatic rings. The fourth-order valence-corrected chi connectivity index (χ4v) is 2.40. The largest absolute Gasteiger partial charge is 0.321 e. The zero-order chi connectivity index (χ0) is 14.8. The van der Waals surface area contributed by atoms with Gasteiger partial charge in [0.15, 0.2) is 17.6 Å². The lowest BCUT2D eigenvalue weighted by molar-refractivity contribution is -0.709. The van der Waals surface area contributed by atoms with Crippen LogP contribution < -0.4 is 10.00 Å². The first-order valence-corrected chi connectivity index (χ1v) is 6.89. The van der Waals surface area contributed by atoms with Gasteiger partial charge in [0, 0.05) is 0 Å². The average molecular weight is 302 g/mol. The van der Waals surface area contributed by atoms with Gasteiger partial charge in [0.1, 0.15) is 7.05 Å². The summed E-state index contributed by atoms with van der Waals surface area (Å²) in [6.45, 7) is 0.132. The number of nitrogens with zero attached hydrogens (tertiary/aromatic N) is 3. The third-order valence-corrected chi connectivity index (χ3v) is 3.52. The molecular weight excluding hydrogens is 288 g/mol. The molecule has 0 aliphatic carbocycles. The van der Waals surface area contributed by atoms with Crippen molar-refractivity contribution in [2.45, 2.75) is 6.54 Å². The first-order chi connectivity index (χ1) is 10.1. The lowest BCUT2D eigenvalue weighted by atomic mass is 10.3. The Morgan fingerprint density at radius 3 is 2.76 bits per heavy atom. The first-order valence-electron chi connectivity index (χ1n) is 6.51. The van der Waals surface area contributed by atoms with Gasteiger partial charge in [-0.2, -0.15) is 0 Å². The van der Waals surface area contributed by atoms with Crippen LogP contribution >= 0.6 is 11.6 Å². The minimum atomic E-state index is -0.169. The number of para-hydroxylation sites is 3. The number of halogens is 1. The summed E-state index contributed by atoms with van der Waals surface area (Å²) in [5.74, 6) is -0.169. The number of carbonyl (C=O) groups is 1. The van der Waals surface area contributed by atoms with Gasteiger partial charge in [-0.15, -0.1) is 9.36 Å². The molecule has 3 rings (SSSR count). The molecule has 21 heavy (non-hydrogen) atoms. The Morgan fingerprint density at radius 2 is 1.95 bits per heavy atom. The van der Waals surface area contributed by atoms with Crippen molar-refractivity contribution in [2.75, 3.05) is 5.32 Å². The summed E-state index contributed by atoms with van der Waals surface area (Å²) >= 11 is 6.03. The summed E-state index contributed by atoms with van der Waals surface area (Å²) in [5.41, 5.74) is 2.49. The monoisotopic (exact) mass is 301 g/mol. The van der Waals surface area contributed by atoms with Gasteiger partial charge in [0.2, 0.25) is 0 Å². The number of benzene rings is 2. The number of hydrogen-bond donors (Lipinski definition) is 1. The van der Waals surface area contributed by atoms with Crippen LogP contribution in [0.5, 0.6) is 0 Å². The number of carbonyl (C=O) groups excluding carboxylic acids is 1. The molecule has 0 spiro atoms. The van der Waals surface area contributed by atoms with Gasteiger partial charge in [-0.3, -0.25) is 4.79 Å². The van der Waals surface area contributed by atoms with Crippen LogP contribution in [-0.2, 0) is 18.4 Å².